The quantitative estimate of drug-likeness (QED) is 0.686. The maximum absolute atomic E-state index is 13.0. The van der Waals surface area contributed by atoms with E-state index in [1.807, 2.05) is 29.7 Å². The minimum Gasteiger partial charge on any atom is -0.351 e. The molecule has 2 saturated heterocycles. The van der Waals surface area contributed by atoms with E-state index in [0.29, 0.717) is 31.4 Å². The summed E-state index contributed by atoms with van der Waals surface area (Å²) in [5.74, 6) is 0.847. The molecule has 0 bridgehead atoms. The molecule has 0 spiro atoms. The second-order valence-electron chi connectivity index (χ2n) is 9.66. The van der Waals surface area contributed by atoms with Crippen molar-refractivity contribution in [2.24, 2.45) is 5.92 Å². The van der Waals surface area contributed by atoms with Crippen LogP contribution in [0.4, 0.5) is 23.8 Å². The number of hydrogen-bond donors (Lipinski definition) is 1. The molecule has 2 atom stereocenters. The first-order valence-electron chi connectivity index (χ1n) is 12.2. The number of carbonyl (C=O) groups excluding carboxylic acids is 1. The van der Waals surface area contributed by atoms with Crippen molar-refractivity contribution in [2.75, 3.05) is 37.6 Å². The molecule has 2 fully saturated rings. The van der Waals surface area contributed by atoms with Crippen LogP contribution in [0.3, 0.4) is 0 Å². The average molecular weight is 491 g/mol. The van der Waals surface area contributed by atoms with Crippen LogP contribution in [0, 0.1) is 5.92 Å². The number of urea groups is 1. The zero-order chi connectivity index (χ0) is 25.0. The molecule has 35 heavy (non-hydrogen) atoms. The van der Waals surface area contributed by atoms with Gasteiger partial charge in [-0.3, -0.25) is 4.90 Å². The van der Waals surface area contributed by atoms with Gasteiger partial charge in [-0.2, -0.15) is 13.2 Å². The fourth-order valence-electron chi connectivity index (χ4n) is 5.05. The van der Waals surface area contributed by atoms with Crippen molar-refractivity contribution in [1.29, 1.82) is 0 Å². The number of likely N-dealkylation sites (tertiary alicyclic amines) is 1. The van der Waals surface area contributed by atoms with E-state index >= 15 is 0 Å². The number of piperidine rings is 1. The van der Waals surface area contributed by atoms with Crippen molar-refractivity contribution >= 4 is 11.8 Å². The molecule has 0 radical (unpaired) electrons. The Morgan fingerprint density at radius 2 is 1.69 bits per heavy atom. The highest BCUT2D eigenvalue weighted by atomic mass is 19.4. The molecule has 2 aromatic rings. The molecule has 1 N–H and O–H groups in total. The first-order valence-corrected chi connectivity index (χ1v) is 12.2. The van der Waals surface area contributed by atoms with Crippen molar-refractivity contribution in [3.05, 3.63) is 54.0 Å². The summed E-state index contributed by atoms with van der Waals surface area (Å²) in [5, 5.41) is 3.12. The zero-order valence-corrected chi connectivity index (χ0v) is 20.2. The summed E-state index contributed by atoms with van der Waals surface area (Å²) in [6, 6.07) is 10.1. The number of piperazine rings is 1. The highest BCUT2D eigenvalue weighted by molar-refractivity contribution is 5.75. The Morgan fingerprint density at radius 1 is 1.03 bits per heavy atom. The first kappa shape index (κ1) is 25.2. The highest BCUT2D eigenvalue weighted by Crippen LogP contribution is 2.28. The number of anilines is 1. The largest absolute Gasteiger partial charge is 0.434 e. The summed E-state index contributed by atoms with van der Waals surface area (Å²) < 4.78 is 38.3. The second-order valence-corrected chi connectivity index (χ2v) is 9.66. The fraction of sp³-hybridized carbons (Fsp3) is 0.560. The van der Waals surface area contributed by atoms with Crippen LogP contribution in [0.1, 0.15) is 37.9 Å². The Morgan fingerprint density at radius 3 is 2.26 bits per heavy atom. The van der Waals surface area contributed by atoms with E-state index in [-0.39, 0.29) is 18.1 Å². The smallest absolute Gasteiger partial charge is 0.351 e. The fourth-order valence-corrected chi connectivity index (χ4v) is 5.05. The van der Waals surface area contributed by atoms with E-state index in [1.165, 1.54) is 5.56 Å². The van der Waals surface area contributed by atoms with E-state index in [2.05, 4.69) is 44.5 Å². The third-order valence-electron chi connectivity index (χ3n) is 6.90. The topological polar surface area (TPSA) is 64.6 Å². The maximum atomic E-state index is 13.0. The molecular weight excluding hydrogens is 457 g/mol. The lowest BCUT2D eigenvalue weighted by Crippen LogP contribution is -2.61. The van der Waals surface area contributed by atoms with Crippen LogP contribution in [-0.2, 0) is 12.7 Å². The van der Waals surface area contributed by atoms with Gasteiger partial charge >= 0.3 is 12.2 Å². The molecule has 0 saturated carbocycles. The highest BCUT2D eigenvalue weighted by Gasteiger charge is 2.36. The lowest BCUT2D eigenvalue weighted by atomic mass is 9.96. The van der Waals surface area contributed by atoms with Crippen LogP contribution in [0.5, 0.6) is 0 Å². The van der Waals surface area contributed by atoms with Crippen LogP contribution in [0.15, 0.2) is 42.7 Å². The number of aromatic nitrogens is 2. The van der Waals surface area contributed by atoms with Gasteiger partial charge < -0.3 is 15.1 Å². The lowest BCUT2D eigenvalue weighted by Gasteiger charge is -2.44. The number of carbonyl (C=O) groups is 1. The Balaban J connectivity index is 1.24. The monoisotopic (exact) mass is 490 g/mol. The summed E-state index contributed by atoms with van der Waals surface area (Å²) in [6.45, 7) is 8.52. The summed E-state index contributed by atoms with van der Waals surface area (Å²) in [7, 11) is 0. The number of alkyl halides is 3. The van der Waals surface area contributed by atoms with Crippen LogP contribution in [0.2, 0.25) is 0 Å². The molecule has 2 aliphatic rings. The van der Waals surface area contributed by atoms with Crippen molar-refractivity contribution < 1.29 is 18.0 Å². The molecule has 10 heteroatoms. The summed E-state index contributed by atoms with van der Waals surface area (Å²) >= 11 is 0. The molecule has 3 heterocycles. The Kier molecular flexibility index (Phi) is 7.78. The van der Waals surface area contributed by atoms with Gasteiger partial charge in [0.05, 0.1) is 12.4 Å². The van der Waals surface area contributed by atoms with Gasteiger partial charge in [-0.1, -0.05) is 30.3 Å². The van der Waals surface area contributed by atoms with Gasteiger partial charge in [-0.05, 0) is 51.3 Å². The van der Waals surface area contributed by atoms with Crippen LogP contribution in [-0.4, -0.2) is 70.6 Å². The first-order chi connectivity index (χ1) is 16.7. The molecule has 0 unspecified atom stereocenters. The maximum Gasteiger partial charge on any atom is 0.434 e. The van der Waals surface area contributed by atoms with Gasteiger partial charge in [0.2, 0.25) is 0 Å². The molecule has 1 aromatic carbocycles. The van der Waals surface area contributed by atoms with Crippen LogP contribution >= 0.6 is 0 Å². The predicted molar refractivity (Wildman–Crippen MR) is 128 cm³/mol. The van der Waals surface area contributed by atoms with Gasteiger partial charge in [0.1, 0.15) is 5.82 Å². The molecule has 2 aliphatic heterocycles. The molecular formula is C25H33F3N6O. The van der Waals surface area contributed by atoms with E-state index in [0.717, 1.165) is 44.9 Å². The van der Waals surface area contributed by atoms with E-state index < -0.39 is 11.9 Å². The third kappa shape index (κ3) is 6.42. The van der Waals surface area contributed by atoms with Crippen molar-refractivity contribution in [2.45, 2.75) is 51.5 Å². The van der Waals surface area contributed by atoms with Gasteiger partial charge in [0.25, 0.3) is 0 Å². The number of benzene rings is 1. The number of hydrogen-bond acceptors (Lipinski definition) is 5. The second kappa shape index (κ2) is 10.8. The molecule has 2 amide bonds. The Labute approximate surface area is 204 Å². The van der Waals surface area contributed by atoms with E-state index in [9.17, 15) is 18.0 Å². The van der Waals surface area contributed by atoms with Gasteiger partial charge in [-0.25, -0.2) is 14.8 Å². The van der Waals surface area contributed by atoms with Crippen molar-refractivity contribution in [1.82, 2.24) is 25.1 Å². The number of nitrogens with one attached hydrogen (secondary N) is 1. The molecule has 0 aliphatic carbocycles. The minimum absolute atomic E-state index is 0.0881. The van der Waals surface area contributed by atoms with Gasteiger partial charge in [0.15, 0.2) is 5.69 Å². The van der Waals surface area contributed by atoms with Crippen LogP contribution in [0.25, 0.3) is 0 Å². The van der Waals surface area contributed by atoms with Crippen molar-refractivity contribution in [3.8, 4) is 0 Å². The molecule has 190 valence electrons. The van der Waals surface area contributed by atoms with Gasteiger partial charge in [-0.15, -0.1) is 0 Å². The lowest BCUT2D eigenvalue weighted by molar-refractivity contribution is -0.141. The van der Waals surface area contributed by atoms with Crippen molar-refractivity contribution in [3.63, 3.8) is 0 Å². The van der Waals surface area contributed by atoms with E-state index in [4.69, 9.17) is 0 Å². The normalized spacial score (nSPS) is 22.3. The third-order valence-corrected chi connectivity index (χ3v) is 6.90. The molecule has 1 aromatic heterocycles. The zero-order valence-electron chi connectivity index (χ0n) is 20.2. The number of amides is 2. The molecule has 4 rings (SSSR count). The Hall–Kier alpha value is -2.88. The number of rotatable bonds is 5. The predicted octanol–water partition coefficient (Wildman–Crippen LogP) is 4.02. The summed E-state index contributed by atoms with van der Waals surface area (Å²) in [5.41, 5.74) is 0.315. The van der Waals surface area contributed by atoms with Crippen LogP contribution < -0.4 is 10.2 Å². The summed E-state index contributed by atoms with van der Waals surface area (Å²) in [6.07, 6.45) is -0.490. The standard InChI is InChI=1S/C25H33F3N6O/c1-18-15-33(23-14-29-22(13-30-23)25(26,27)28)16-19(2)34(18)24(35)31-12-20-8-10-32(11-9-20)17-21-6-4-3-5-7-21/h3-7,13-14,18-20H,8-12,15-17H2,1-2H3,(H,31,35)/t18-,19-/m1/s1. The molecule has 7 nitrogen and oxygen atoms in total. The van der Waals surface area contributed by atoms with E-state index in [1.54, 1.807) is 0 Å². The summed E-state index contributed by atoms with van der Waals surface area (Å²) in [4.78, 5) is 26.6. The minimum atomic E-state index is -4.51. The Bertz CT molecular complexity index is 951. The number of halogens is 3. The SMILES string of the molecule is C[C@@H]1CN(c2cnc(C(F)(F)F)cn2)C[C@@H](C)N1C(=O)NCC1CCN(Cc2ccccc2)CC1. The number of nitrogens with zero attached hydrogens (tertiary/aromatic N) is 5. The van der Waals surface area contributed by atoms with Gasteiger partial charge in [0, 0.05) is 38.3 Å². The average Bonchev–Trinajstić information content (AvgIpc) is 2.83.